The third-order valence-electron chi connectivity index (χ3n) is 11.7. The van der Waals surface area contributed by atoms with Gasteiger partial charge >= 0.3 is 0 Å². The van der Waals surface area contributed by atoms with Gasteiger partial charge in [-0.3, -0.25) is 4.79 Å². The SMILES string of the molecule is CCCCCCCC/C=C/CC/C=C/C(O)C(CO)NC(=O)CC(O)CCCCCCCCCCCCCCCCCCCCCCCCCCCCCCC. The van der Waals surface area contributed by atoms with Crippen molar-refractivity contribution in [2.24, 2.45) is 0 Å². The van der Waals surface area contributed by atoms with Crippen LogP contribution in [0, 0.1) is 0 Å². The predicted molar refractivity (Wildman–Crippen MR) is 245 cm³/mol. The average molecular weight is 790 g/mol. The van der Waals surface area contributed by atoms with E-state index in [0.29, 0.717) is 6.42 Å². The number of hydrogen-bond acceptors (Lipinski definition) is 4. The van der Waals surface area contributed by atoms with E-state index < -0.39 is 18.2 Å². The molecule has 0 saturated heterocycles. The zero-order valence-corrected chi connectivity index (χ0v) is 37.8. The van der Waals surface area contributed by atoms with Crippen molar-refractivity contribution in [1.82, 2.24) is 5.32 Å². The lowest BCUT2D eigenvalue weighted by atomic mass is 10.0. The van der Waals surface area contributed by atoms with Crippen molar-refractivity contribution in [2.45, 2.75) is 289 Å². The molecule has 0 bridgehead atoms. The minimum Gasteiger partial charge on any atom is -0.394 e. The Morgan fingerprint density at radius 2 is 0.768 bits per heavy atom. The van der Waals surface area contributed by atoms with Crippen molar-refractivity contribution in [3.63, 3.8) is 0 Å². The summed E-state index contributed by atoms with van der Waals surface area (Å²) in [5.41, 5.74) is 0. The van der Waals surface area contributed by atoms with Gasteiger partial charge in [-0.15, -0.1) is 0 Å². The molecule has 0 fully saturated rings. The Hall–Kier alpha value is -1.17. The van der Waals surface area contributed by atoms with Crippen molar-refractivity contribution in [3.05, 3.63) is 24.3 Å². The molecular weight excluding hydrogens is 691 g/mol. The highest BCUT2D eigenvalue weighted by molar-refractivity contribution is 5.76. The summed E-state index contributed by atoms with van der Waals surface area (Å²) in [5, 5.41) is 33.2. The molecule has 0 radical (unpaired) electrons. The Balaban J connectivity index is 3.51. The fraction of sp³-hybridized carbons (Fsp3) is 0.902. The van der Waals surface area contributed by atoms with Gasteiger partial charge in [0.25, 0.3) is 0 Å². The maximum absolute atomic E-state index is 12.4. The lowest BCUT2D eigenvalue weighted by Crippen LogP contribution is -2.45. The molecule has 0 rings (SSSR count). The van der Waals surface area contributed by atoms with Crippen LogP contribution in [0.15, 0.2) is 24.3 Å². The van der Waals surface area contributed by atoms with Crippen LogP contribution >= 0.6 is 0 Å². The van der Waals surface area contributed by atoms with E-state index >= 15 is 0 Å². The van der Waals surface area contributed by atoms with Crippen LogP contribution in [0.1, 0.15) is 271 Å². The van der Waals surface area contributed by atoms with Crippen molar-refractivity contribution in [1.29, 1.82) is 0 Å². The largest absolute Gasteiger partial charge is 0.394 e. The van der Waals surface area contributed by atoms with E-state index in [4.69, 9.17) is 0 Å². The quantitative estimate of drug-likeness (QED) is 0.0365. The van der Waals surface area contributed by atoms with Crippen LogP contribution in [0.3, 0.4) is 0 Å². The number of carbonyl (C=O) groups excluding carboxylic acids is 1. The summed E-state index contributed by atoms with van der Waals surface area (Å²) in [6.07, 6.45) is 57.9. The second kappa shape index (κ2) is 46.5. The maximum atomic E-state index is 12.4. The van der Waals surface area contributed by atoms with Gasteiger partial charge in [-0.05, 0) is 32.1 Å². The van der Waals surface area contributed by atoms with Crippen LogP contribution < -0.4 is 5.32 Å². The number of nitrogens with one attached hydrogen (secondary N) is 1. The van der Waals surface area contributed by atoms with E-state index in [1.54, 1.807) is 6.08 Å². The first-order valence-corrected chi connectivity index (χ1v) is 25.1. The zero-order valence-electron chi connectivity index (χ0n) is 37.8. The van der Waals surface area contributed by atoms with Crippen LogP contribution in [0.4, 0.5) is 0 Å². The summed E-state index contributed by atoms with van der Waals surface area (Å²) in [4.78, 5) is 12.4. The number of aliphatic hydroxyl groups excluding tert-OH is 3. The predicted octanol–water partition coefficient (Wildman–Crippen LogP) is 14.9. The Labute approximate surface area is 350 Å². The first-order chi connectivity index (χ1) is 27.5. The minimum absolute atomic E-state index is 0.00979. The molecule has 4 N–H and O–H groups in total. The molecule has 0 aliphatic rings. The molecule has 0 aromatic heterocycles. The number of amides is 1. The summed E-state index contributed by atoms with van der Waals surface area (Å²) in [5.74, 6) is -0.322. The van der Waals surface area contributed by atoms with Crippen LogP contribution in [-0.4, -0.2) is 46.1 Å². The lowest BCUT2D eigenvalue weighted by molar-refractivity contribution is -0.124. The first kappa shape index (κ1) is 54.8. The number of hydrogen-bond donors (Lipinski definition) is 4. The van der Waals surface area contributed by atoms with Gasteiger partial charge in [0.15, 0.2) is 0 Å². The van der Waals surface area contributed by atoms with Gasteiger partial charge in [-0.1, -0.05) is 256 Å². The smallest absolute Gasteiger partial charge is 0.222 e. The molecule has 3 unspecified atom stereocenters. The summed E-state index contributed by atoms with van der Waals surface area (Å²) in [6.45, 7) is 4.20. The number of rotatable bonds is 46. The third-order valence-corrected chi connectivity index (χ3v) is 11.7. The molecule has 332 valence electrons. The van der Waals surface area contributed by atoms with Gasteiger partial charge in [0.2, 0.25) is 5.91 Å². The van der Waals surface area contributed by atoms with Gasteiger partial charge in [-0.2, -0.15) is 0 Å². The fourth-order valence-corrected chi connectivity index (χ4v) is 7.89. The molecule has 0 aliphatic heterocycles. The van der Waals surface area contributed by atoms with Gasteiger partial charge in [0.1, 0.15) is 0 Å². The van der Waals surface area contributed by atoms with Gasteiger partial charge in [-0.25, -0.2) is 0 Å². The van der Waals surface area contributed by atoms with Crippen molar-refractivity contribution in [3.8, 4) is 0 Å². The topological polar surface area (TPSA) is 89.8 Å². The van der Waals surface area contributed by atoms with Crippen molar-refractivity contribution in [2.75, 3.05) is 6.61 Å². The monoisotopic (exact) mass is 790 g/mol. The van der Waals surface area contributed by atoms with Gasteiger partial charge < -0.3 is 20.6 Å². The standard InChI is InChI=1S/C51H99NO4/c1-3-5-7-9-11-13-15-17-18-19-20-21-22-23-24-25-26-27-28-29-30-31-32-33-34-36-38-40-42-44-48(54)46-51(56)52-49(47-53)50(55)45-43-41-39-37-35-16-14-12-10-8-6-4-2/h35,37,43,45,48-50,53-55H,3-34,36,38-42,44,46-47H2,1-2H3,(H,52,56)/b37-35+,45-43+. The minimum atomic E-state index is -0.948. The number of allylic oxidation sites excluding steroid dienone is 3. The summed E-state index contributed by atoms with van der Waals surface area (Å²) >= 11 is 0. The van der Waals surface area contributed by atoms with E-state index in [0.717, 1.165) is 32.1 Å². The Morgan fingerprint density at radius 3 is 1.14 bits per heavy atom. The van der Waals surface area contributed by atoms with E-state index in [1.807, 2.05) is 6.08 Å². The molecule has 0 aliphatic carbocycles. The van der Waals surface area contributed by atoms with Crippen molar-refractivity contribution < 1.29 is 20.1 Å². The number of unbranched alkanes of at least 4 members (excludes halogenated alkanes) is 35. The molecule has 0 saturated carbocycles. The van der Waals surface area contributed by atoms with E-state index in [9.17, 15) is 20.1 Å². The normalized spacial score (nSPS) is 13.6. The molecular formula is C51H99NO4. The Bertz CT molecular complexity index is 829. The van der Waals surface area contributed by atoms with Crippen LogP contribution in [0.5, 0.6) is 0 Å². The van der Waals surface area contributed by atoms with E-state index in [2.05, 4.69) is 31.3 Å². The second-order valence-electron chi connectivity index (χ2n) is 17.4. The summed E-state index contributed by atoms with van der Waals surface area (Å²) in [7, 11) is 0. The summed E-state index contributed by atoms with van der Waals surface area (Å²) < 4.78 is 0. The van der Waals surface area contributed by atoms with E-state index in [-0.39, 0.29) is 18.9 Å². The number of carbonyl (C=O) groups is 1. The second-order valence-corrected chi connectivity index (χ2v) is 17.4. The summed E-state index contributed by atoms with van der Waals surface area (Å²) in [6, 6.07) is -0.757. The first-order valence-electron chi connectivity index (χ1n) is 25.1. The maximum Gasteiger partial charge on any atom is 0.222 e. The van der Waals surface area contributed by atoms with Gasteiger partial charge in [0, 0.05) is 0 Å². The molecule has 56 heavy (non-hydrogen) atoms. The van der Waals surface area contributed by atoms with E-state index in [1.165, 1.54) is 212 Å². The van der Waals surface area contributed by atoms with Gasteiger partial charge in [0.05, 0.1) is 31.3 Å². The van der Waals surface area contributed by atoms with Crippen LogP contribution in [-0.2, 0) is 4.79 Å². The molecule has 5 nitrogen and oxygen atoms in total. The highest BCUT2D eigenvalue weighted by atomic mass is 16.3. The Kier molecular flexibility index (Phi) is 45.5. The zero-order chi connectivity index (χ0) is 40.8. The van der Waals surface area contributed by atoms with Crippen LogP contribution in [0.2, 0.25) is 0 Å². The Morgan fingerprint density at radius 1 is 0.446 bits per heavy atom. The third kappa shape index (κ3) is 42.4. The fourth-order valence-electron chi connectivity index (χ4n) is 7.89. The highest BCUT2D eigenvalue weighted by Gasteiger charge is 2.20. The molecule has 0 aromatic carbocycles. The molecule has 3 atom stereocenters. The van der Waals surface area contributed by atoms with Crippen molar-refractivity contribution >= 4 is 5.91 Å². The molecule has 0 heterocycles. The van der Waals surface area contributed by atoms with Crippen LogP contribution in [0.25, 0.3) is 0 Å². The average Bonchev–Trinajstić information content (AvgIpc) is 3.19. The number of aliphatic hydroxyl groups is 3. The molecule has 1 amide bonds. The molecule has 0 aromatic rings. The highest BCUT2D eigenvalue weighted by Crippen LogP contribution is 2.17. The lowest BCUT2D eigenvalue weighted by Gasteiger charge is -2.21. The molecule has 0 spiro atoms. The molecule has 5 heteroatoms.